The molecule has 1 rings (SSSR count). The molecule has 5 nitrogen and oxygen atoms in total. The number of carbonyl (C=O) groups excluding carboxylic acids is 1. The van der Waals surface area contributed by atoms with Gasteiger partial charge in [0.2, 0.25) is 0 Å². The molecular weight excluding hydrogens is 234 g/mol. The molecule has 0 spiro atoms. The van der Waals surface area contributed by atoms with E-state index in [0.29, 0.717) is 17.0 Å². The minimum absolute atomic E-state index is 0.0213. The van der Waals surface area contributed by atoms with Gasteiger partial charge in [0.1, 0.15) is 12.4 Å². The molecular formula is C13H17NO4. The Morgan fingerprint density at radius 3 is 2.50 bits per heavy atom. The van der Waals surface area contributed by atoms with Gasteiger partial charge in [-0.05, 0) is 39.0 Å². The normalized spacial score (nSPS) is 11.1. The molecule has 3 N–H and O–H groups in total. The van der Waals surface area contributed by atoms with Gasteiger partial charge in [0.15, 0.2) is 5.78 Å². The first kappa shape index (κ1) is 14.0. The topological polar surface area (TPSA) is 89.6 Å². The van der Waals surface area contributed by atoms with Crippen LogP contribution >= 0.6 is 0 Å². The van der Waals surface area contributed by atoms with Gasteiger partial charge in [-0.15, -0.1) is 0 Å². The van der Waals surface area contributed by atoms with Gasteiger partial charge >= 0.3 is 5.97 Å². The lowest BCUT2D eigenvalue weighted by Gasteiger charge is -2.20. The average molecular weight is 251 g/mol. The fourth-order valence-electron chi connectivity index (χ4n) is 1.27. The van der Waals surface area contributed by atoms with E-state index in [1.165, 1.54) is 13.0 Å². The quantitative estimate of drug-likeness (QED) is 0.616. The Morgan fingerprint density at radius 1 is 1.39 bits per heavy atom. The molecule has 0 aliphatic carbocycles. The van der Waals surface area contributed by atoms with Crippen LogP contribution in [0.4, 0.5) is 5.69 Å². The fourth-order valence-corrected chi connectivity index (χ4v) is 1.27. The molecule has 0 radical (unpaired) electrons. The van der Waals surface area contributed by atoms with E-state index in [0.717, 1.165) is 0 Å². The van der Waals surface area contributed by atoms with E-state index in [1.54, 1.807) is 26.0 Å². The van der Waals surface area contributed by atoms with Crippen LogP contribution < -0.4 is 10.5 Å². The lowest BCUT2D eigenvalue weighted by molar-refractivity contribution is -0.148. The minimum atomic E-state index is -1.02. The Kier molecular flexibility index (Phi) is 3.96. The summed E-state index contributed by atoms with van der Waals surface area (Å²) in [5.74, 6) is -0.779. The van der Waals surface area contributed by atoms with E-state index < -0.39 is 11.4 Å². The van der Waals surface area contributed by atoms with Gasteiger partial charge in [-0.3, -0.25) is 9.59 Å². The summed E-state index contributed by atoms with van der Waals surface area (Å²) in [4.78, 5) is 22.4. The maximum Gasteiger partial charge on any atom is 0.312 e. The Bertz CT molecular complexity index is 480. The summed E-state index contributed by atoms with van der Waals surface area (Å²) in [6.07, 6.45) is 0. The number of Topliss-reactive ketones (excluding diaryl/α,β-unsaturated/α-hetero) is 1. The summed E-state index contributed by atoms with van der Waals surface area (Å²) in [6.45, 7) is 4.50. The van der Waals surface area contributed by atoms with Gasteiger partial charge in [0.25, 0.3) is 0 Å². The number of anilines is 1. The van der Waals surface area contributed by atoms with E-state index in [9.17, 15) is 9.59 Å². The number of carboxylic acid groups (broad SMARTS) is 1. The summed E-state index contributed by atoms with van der Waals surface area (Å²) in [6, 6.07) is 4.70. The average Bonchev–Trinajstić information content (AvgIpc) is 2.27. The highest BCUT2D eigenvalue weighted by molar-refractivity contribution is 5.97. The lowest BCUT2D eigenvalue weighted by atomic mass is 9.95. The predicted molar refractivity (Wildman–Crippen MR) is 67.8 cm³/mol. The number of hydrogen-bond acceptors (Lipinski definition) is 4. The molecule has 0 aliphatic rings. The highest BCUT2D eigenvalue weighted by Gasteiger charge is 2.28. The molecule has 0 atom stereocenters. The molecule has 0 aromatic heterocycles. The number of rotatable bonds is 5. The van der Waals surface area contributed by atoms with Crippen LogP contribution in [0.25, 0.3) is 0 Å². The number of ether oxygens (including phenoxy) is 1. The monoisotopic (exact) mass is 251 g/mol. The smallest absolute Gasteiger partial charge is 0.312 e. The first-order valence-corrected chi connectivity index (χ1v) is 5.50. The summed E-state index contributed by atoms with van der Waals surface area (Å²) < 4.78 is 5.42. The molecule has 1 aromatic rings. The number of nitrogens with two attached hydrogens (primary N) is 1. The van der Waals surface area contributed by atoms with Crippen LogP contribution in [0.1, 0.15) is 31.1 Å². The second-order valence-corrected chi connectivity index (χ2v) is 4.79. The third-order valence-electron chi connectivity index (χ3n) is 2.55. The molecule has 0 aliphatic heterocycles. The van der Waals surface area contributed by atoms with Crippen LogP contribution in [-0.4, -0.2) is 23.5 Å². The van der Waals surface area contributed by atoms with Gasteiger partial charge in [-0.2, -0.15) is 0 Å². The van der Waals surface area contributed by atoms with Crippen molar-refractivity contribution in [2.45, 2.75) is 20.8 Å². The summed E-state index contributed by atoms with van der Waals surface area (Å²) in [7, 11) is 0. The number of aliphatic carboxylic acids is 1. The molecule has 0 saturated heterocycles. The van der Waals surface area contributed by atoms with Crippen molar-refractivity contribution in [2.75, 3.05) is 12.3 Å². The van der Waals surface area contributed by atoms with Crippen molar-refractivity contribution < 1.29 is 19.4 Å². The Hall–Kier alpha value is -2.04. The van der Waals surface area contributed by atoms with Crippen LogP contribution in [0.5, 0.6) is 5.75 Å². The maximum absolute atomic E-state index is 11.4. The van der Waals surface area contributed by atoms with Crippen molar-refractivity contribution in [3.8, 4) is 5.75 Å². The van der Waals surface area contributed by atoms with E-state index >= 15 is 0 Å². The molecule has 98 valence electrons. The molecule has 5 heteroatoms. The molecule has 1 aromatic carbocycles. The Labute approximate surface area is 106 Å². The SMILES string of the molecule is CC(=O)c1cc(N)ccc1OCC(C)(C)C(=O)O. The van der Waals surface area contributed by atoms with Crippen molar-refractivity contribution in [3.63, 3.8) is 0 Å². The van der Waals surface area contributed by atoms with E-state index in [1.807, 2.05) is 0 Å². The summed E-state index contributed by atoms with van der Waals surface area (Å²) in [5.41, 5.74) is 5.40. The molecule has 0 unspecified atom stereocenters. The predicted octanol–water partition coefficient (Wildman–Crippen LogP) is 1.96. The molecule has 0 heterocycles. The van der Waals surface area contributed by atoms with Crippen molar-refractivity contribution in [3.05, 3.63) is 23.8 Å². The lowest BCUT2D eigenvalue weighted by Crippen LogP contribution is -2.31. The van der Waals surface area contributed by atoms with Crippen molar-refractivity contribution in [1.29, 1.82) is 0 Å². The highest BCUT2D eigenvalue weighted by Crippen LogP contribution is 2.25. The van der Waals surface area contributed by atoms with Crippen molar-refractivity contribution in [1.82, 2.24) is 0 Å². The summed E-state index contributed by atoms with van der Waals surface area (Å²) >= 11 is 0. The van der Waals surface area contributed by atoms with Crippen LogP contribution in [0.3, 0.4) is 0 Å². The second kappa shape index (κ2) is 5.08. The van der Waals surface area contributed by atoms with Gasteiger partial charge in [0, 0.05) is 5.69 Å². The number of ketones is 1. The zero-order chi connectivity index (χ0) is 13.9. The van der Waals surface area contributed by atoms with E-state index in [2.05, 4.69) is 0 Å². The standard InChI is InChI=1S/C13H17NO4/c1-8(15)10-6-9(14)4-5-11(10)18-7-13(2,3)12(16)17/h4-6H,7,14H2,1-3H3,(H,16,17). The molecule has 0 fully saturated rings. The van der Waals surface area contributed by atoms with E-state index in [-0.39, 0.29) is 12.4 Å². The highest BCUT2D eigenvalue weighted by atomic mass is 16.5. The molecule has 0 saturated carbocycles. The van der Waals surface area contributed by atoms with Gasteiger partial charge in [0.05, 0.1) is 11.0 Å². The van der Waals surface area contributed by atoms with Gasteiger partial charge in [-0.25, -0.2) is 0 Å². The van der Waals surface area contributed by atoms with Crippen LogP contribution in [0.15, 0.2) is 18.2 Å². The second-order valence-electron chi connectivity index (χ2n) is 4.79. The Morgan fingerprint density at radius 2 is 2.00 bits per heavy atom. The minimum Gasteiger partial charge on any atom is -0.492 e. The zero-order valence-electron chi connectivity index (χ0n) is 10.7. The van der Waals surface area contributed by atoms with Crippen molar-refractivity contribution in [2.24, 2.45) is 5.41 Å². The van der Waals surface area contributed by atoms with E-state index in [4.69, 9.17) is 15.6 Å². The number of benzene rings is 1. The first-order chi connectivity index (χ1) is 8.24. The van der Waals surface area contributed by atoms with Gasteiger partial charge < -0.3 is 15.6 Å². The largest absolute Gasteiger partial charge is 0.492 e. The van der Waals surface area contributed by atoms with Crippen molar-refractivity contribution >= 4 is 17.4 Å². The number of hydrogen-bond donors (Lipinski definition) is 2. The van der Waals surface area contributed by atoms with Crippen LogP contribution in [-0.2, 0) is 4.79 Å². The third kappa shape index (κ3) is 3.23. The molecule has 18 heavy (non-hydrogen) atoms. The zero-order valence-corrected chi connectivity index (χ0v) is 10.7. The summed E-state index contributed by atoms with van der Waals surface area (Å²) in [5, 5.41) is 8.97. The first-order valence-electron chi connectivity index (χ1n) is 5.50. The van der Waals surface area contributed by atoms with Gasteiger partial charge in [-0.1, -0.05) is 0 Å². The van der Waals surface area contributed by atoms with Crippen LogP contribution in [0.2, 0.25) is 0 Å². The number of carbonyl (C=O) groups is 2. The third-order valence-corrected chi connectivity index (χ3v) is 2.55. The molecule has 0 bridgehead atoms. The maximum atomic E-state index is 11.4. The number of nitrogen functional groups attached to an aromatic ring is 1. The fraction of sp³-hybridized carbons (Fsp3) is 0.385. The number of carboxylic acids is 1. The Balaban J connectivity index is 2.92. The van der Waals surface area contributed by atoms with Crippen LogP contribution in [0, 0.1) is 5.41 Å². The molecule has 0 amide bonds.